The molecule has 0 aliphatic carbocycles. The molecule has 1 N–H and O–H groups in total. The molecular weight excluding hydrogens is 446 g/mol. The lowest BCUT2D eigenvalue weighted by molar-refractivity contribution is 0.0944. The average molecular weight is 474 g/mol. The third-order valence-corrected chi connectivity index (χ3v) is 7.20. The Labute approximate surface area is 185 Å². The van der Waals surface area contributed by atoms with Gasteiger partial charge in [0.1, 0.15) is 17.0 Å². The van der Waals surface area contributed by atoms with Crippen LogP contribution in [-0.4, -0.2) is 65.6 Å². The van der Waals surface area contributed by atoms with Crippen molar-refractivity contribution in [3.8, 4) is 11.1 Å². The van der Waals surface area contributed by atoms with Crippen molar-refractivity contribution in [2.45, 2.75) is 19.9 Å². The minimum absolute atomic E-state index is 0.489. The Bertz CT molecular complexity index is 947. The van der Waals surface area contributed by atoms with Crippen LogP contribution in [0, 0.1) is 5.92 Å². The number of hydrogen-bond donors (Lipinski definition) is 1. The smallest absolute Gasteiger partial charge is 0.138 e. The summed E-state index contributed by atoms with van der Waals surface area (Å²) in [5.41, 5.74) is 2.39. The molecular formula is C22H28BrN5S. The fourth-order valence-electron chi connectivity index (χ4n) is 3.99. The zero-order valence-corrected chi connectivity index (χ0v) is 19.6. The molecule has 0 saturated carbocycles. The molecule has 0 radical (unpaired) electrons. The van der Waals surface area contributed by atoms with Crippen molar-refractivity contribution in [2.24, 2.45) is 5.92 Å². The van der Waals surface area contributed by atoms with Gasteiger partial charge < -0.3 is 10.2 Å². The molecule has 4 rings (SSSR count). The second-order valence-electron chi connectivity index (χ2n) is 8.09. The third-order valence-electron chi connectivity index (χ3n) is 5.78. The molecule has 29 heavy (non-hydrogen) atoms. The molecule has 0 bridgehead atoms. The van der Waals surface area contributed by atoms with E-state index in [9.17, 15) is 0 Å². The Morgan fingerprint density at radius 1 is 1.10 bits per heavy atom. The molecule has 1 aliphatic rings. The van der Waals surface area contributed by atoms with Crippen LogP contribution in [-0.2, 0) is 0 Å². The lowest BCUT2D eigenvalue weighted by atomic mass is 10.0. The molecule has 0 spiro atoms. The summed E-state index contributed by atoms with van der Waals surface area (Å²) in [4.78, 5) is 15.2. The summed E-state index contributed by atoms with van der Waals surface area (Å²) in [5.74, 6) is 1.52. The van der Waals surface area contributed by atoms with E-state index in [1.165, 1.54) is 11.1 Å². The Hall–Kier alpha value is -1.54. The first-order valence-electron chi connectivity index (χ1n) is 10.2. The number of hydrogen-bond acceptors (Lipinski definition) is 6. The van der Waals surface area contributed by atoms with Crippen molar-refractivity contribution in [1.82, 2.24) is 19.8 Å². The van der Waals surface area contributed by atoms with Crippen molar-refractivity contribution in [2.75, 3.05) is 45.1 Å². The van der Waals surface area contributed by atoms with E-state index in [1.54, 1.807) is 17.7 Å². The lowest BCUT2D eigenvalue weighted by Crippen LogP contribution is -2.52. The maximum Gasteiger partial charge on any atom is 0.138 e. The van der Waals surface area contributed by atoms with E-state index < -0.39 is 0 Å². The summed E-state index contributed by atoms with van der Waals surface area (Å²) in [7, 11) is 2.21. The van der Waals surface area contributed by atoms with Crippen molar-refractivity contribution in [3.05, 3.63) is 40.4 Å². The average Bonchev–Trinajstić information content (AvgIpc) is 3.15. The van der Waals surface area contributed by atoms with Crippen molar-refractivity contribution < 1.29 is 0 Å². The molecule has 1 atom stereocenters. The number of halogens is 1. The van der Waals surface area contributed by atoms with E-state index in [0.717, 1.165) is 53.2 Å². The topological polar surface area (TPSA) is 44.3 Å². The number of nitrogens with one attached hydrogen (secondary N) is 1. The second-order valence-corrected chi connectivity index (χ2v) is 9.86. The Morgan fingerprint density at radius 2 is 1.83 bits per heavy atom. The normalized spacial score (nSPS) is 17.1. The van der Waals surface area contributed by atoms with Gasteiger partial charge in [-0.3, -0.25) is 4.90 Å². The number of anilines is 1. The van der Waals surface area contributed by atoms with Crippen molar-refractivity contribution >= 4 is 43.3 Å². The van der Waals surface area contributed by atoms with Gasteiger partial charge in [-0.25, -0.2) is 9.97 Å². The minimum atomic E-state index is 0.489. The van der Waals surface area contributed by atoms with Gasteiger partial charge in [0.25, 0.3) is 0 Å². The van der Waals surface area contributed by atoms with Crippen LogP contribution >= 0.6 is 27.3 Å². The van der Waals surface area contributed by atoms with Gasteiger partial charge in [0, 0.05) is 54.2 Å². The van der Waals surface area contributed by atoms with E-state index in [0.29, 0.717) is 12.0 Å². The van der Waals surface area contributed by atoms with Crippen LogP contribution in [0.5, 0.6) is 0 Å². The van der Waals surface area contributed by atoms with Gasteiger partial charge in [-0.05, 0) is 30.7 Å². The molecule has 1 aliphatic heterocycles. The van der Waals surface area contributed by atoms with Crippen LogP contribution in [0.2, 0.25) is 0 Å². The number of nitrogens with zero attached hydrogens (tertiary/aromatic N) is 4. The van der Waals surface area contributed by atoms with Gasteiger partial charge in [0.05, 0.1) is 5.39 Å². The van der Waals surface area contributed by atoms with Crippen LogP contribution < -0.4 is 5.32 Å². The summed E-state index contributed by atoms with van der Waals surface area (Å²) in [6, 6.07) is 8.94. The maximum absolute atomic E-state index is 4.62. The molecule has 1 aromatic carbocycles. The predicted octanol–water partition coefficient (Wildman–Crippen LogP) is 4.80. The first-order valence-corrected chi connectivity index (χ1v) is 11.8. The molecule has 1 fully saturated rings. The Balaban J connectivity index is 1.58. The molecule has 1 saturated heterocycles. The number of aromatic nitrogens is 2. The quantitative estimate of drug-likeness (QED) is 0.556. The van der Waals surface area contributed by atoms with Crippen LogP contribution in [0.1, 0.15) is 13.8 Å². The van der Waals surface area contributed by atoms with Crippen LogP contribution in [0.3, 0.4) is 0 Å². The van der Waals surface area contributed by atoms with Crippen molar-refractivity contribution in [3.63, 3.8) is 0 Å². The summed E-state index contributed by atoms with van der Waals surface area (Å²) in [6.45, 7) is 10.1. The highest BCUT2D eigenvalue weighted by molar-refractivity contribution is 9.10. The van der Waals surface area contributed by atoms with Gasteiger partial charge >= 0.3 is 0 Å². The summed E-state index contributed by atoms with van der Waals surface area (Å²) in [5, 5.41) is 6.99. The summed E-state index contributed by atoms with van der Waals surface area (Å²) < 4.78 is 1.09. The molecule has 5 nitrogen and oxygen atoms in total. The zero-order chi connectivity index (χ0) is 20.4. The molecule has 154 valence electrons. The monoisotopic (exact) mass is 473 g/mol. The molecule has 3 heterocycles. The Kier molecular flexibility index (Phi) is 6.49. The first kappa shape index (κ1) is 20.7. The first-order chi connectivity index (χ1) is 14.0. The molecule has 3 aromatic rings. The van der Waals surface area contributed by atoms with Crippen LogP contribution in [0.25, 0.3) is 21.3 Å². The fraction of sp³-hybridized carbons (Fsp3) is 0.455. The number of rotatable bonds is 6. The largest absolute Gasteiger partial charge is 0.368 e. The lowest BCUT2D eigenvalue weighted by Gasteiger charge is -2.40. The van der Waals surface area contributed by atoms with Crippen molar-refractivity contribution in [1.29, 1.82) is 0 Å². The van der Waals surface area contributed by atoms with Crippen LogP contribution in [0.15, 0.2) is 40.4 Å². The van der Waals surface area contributed by atoms with Gasteiger partial charge in [-0.15, -0.1) is 11.3 Å². The third kappa shape index (κ3) is 4.63. The molecule has 2 aromatic heterocycles. The fourth-order valence-corrected chi connectivity index (χ4v) is 5.17. The van der Waals surface area contributed by atoms with E-state index in [4.69, 9.17) is 0 Å². The SMILES string of the molecule is CC(C)[C@H](CNc1ncnc2scc(-c3ccc(Br)cc3)c12)N1CCN(C)CC1. The van der Waals surface area contributed by atoms with E-state index in [-0.39, 0.29) is 0 Å². The zero-order valence-electron chi connectivity index (χ0n) is 17.2. The van der Waals surface area contributed by atoms with E-state index in [1.807, 2.05) is 0 Å². The molecule has 0 amide bonds. The van der Waals surface area contributed by atoms with Gasteiger partial charge in [0.2, 0.25) is 0 Å². The van der Waals surface area contributed by atoms with Gasteiger partial charge in [-0.1, -0.05) is 41.9 Å². The standard InChI is InChI=1S/C22H28BrN5S/c1-15(2)19(28-10-8-27(3)9-11-28)12-24-21-20-18(13-29-22(20)26-14-25-21)16-4-6-17(23)7-5-16/h4-7,13-15,19H,8-12H2,1-3H3,(H,24,25,26)/t19-/m0/s1. The Morgan fingerprint density at radius 3 is 2.52 bits per heavy atom. The predicted molar refractivity (Wildman–Crippen MR) is 127 cm³/mol. The van der Waals surface area contributed by atoms with Gasteiger partial charge in [0.15, 0.2) is 0 Å². The highest BCUT2D eigenvalue weighted by atomic mass is 79.9. The number of likely N-dealkylation sites (N-methyl/N-ethyl adjacent to an activating group) is 1. The number of piperazine rings is 1. The van der Waals surface area contributed by atoms with Crippen LogP contribution in [0.4, 0.5) is 5.82 Å². The molecule has 7 heteroatoms. The van der Waals surface area contributed by atoms with Gasteiger partial charge in [-0.2, -0.15) is 0 Å². The highest BCUT2D eigenvalue weighted by Gasteiger charge is 2.25. The molecule has 0 unspecified atom stereocenters. The number of benzene rings is 1. The van der Waals surface area contributed by atoms with E-state index >= 15 is 0 Å². The number of thiophene rings is 1. The highest BCUT2D eigenvalue weighted by Crippen LogP contribution is 2.37. The summed E-state index contributed by atoms with van der Waals surface area (Å²) in [6.07, 6.45) is 1.67. The van der Waals surface area contributed by atoms with E-state index in [2.05, 4.69) is 91.6 Å². The number of fused-ring (bicyclic) bond motifs is 1. The second kappa shape index (κ2) is 9.08. The minimum Gasteiger partial charge on any atom is -0.368 e. The maximum atomic E-state index is 4.62. The summed E-state index contributed by atoms with van der Waals surface area (Å²) >= 11 is 5.20.